The van der Waals surface area contributed by atoms with Crippen LogP contribution in [0.3, 0.4) is 0 Å². The highest BCUT2D eigenvalue weighted by Gasteiger charge is 2.28. The molecule has 0 bridgehead atoms. The number of sulfonamides is 1. The van der Waals surface area contributed by atoms with Crippen molar-refractivity contribution in [3.63, 3.8) is 0 Å². The van der Waals surface area contributed by atoms with E-state index < -0.39 is 28.3 Å². The van der Waals surface area contributed by atoms with Crippen LogP contribution in [0.15, 0.2) is 83.8 Å². The first-order valence-corrected chi connectivity index (χ1v) is 11.4. The van der Waals surface area contributed by atoms with Gasteiger partial charge in [0.25, 0.3) is 0 Å². The number of hydrogen-bond donors (Lipinski definition) is 1. The first kappa shape index (κ1) is 22.7. The number of benzene rings is 3. The fourth-order valence-corrected chi connectivity index (χ4v) is 4.55. The monoisotopic (exact) mass is 440 g/mol. The Balaban J connectivity index is 1.85. The first-order chi connectivity index (χ1) is 14.8. The zero-order valence-electron chi connectivity index (χ0n) is 17.5. The number of carbonyl (C=O) groups excluding carboxylic acids is 1. The quantitative estimate of drug-likeness (QED) is 0.571. The van der Waals surface area contributed by atoms with Gasteiger partial charge in [-0.15, -0.1) is 0 Å². The summed E-state index contributed by atoms with van der Waals surface area (Å²) >= 11 is 0. The predicted molar refractivity (Wildman–Crippen MR) is 118 cm³/mol. The number of carbonyl (C=O) groups is 1. The first-order valence-electron chi connectivity index (χ1n) is 9.92. The highest BCUT2D eigenvalue weighted by atomic mass is 32.2. The molecule has 1 N–H and O–H groups in total. The molecule has 1 atom stereocenters. The number of aryl methyl sites for hydroxylation is 1. The van der Waals surface area contributed by atoms with Gasteiger partial charge in [0.05, 0.1) is 17.5 Å². The third-order valence-electron chi connectivity index (χ3n) is 4.96. The van der Waals surface area contributed by atoms with Gasteiger partial charge >= 0.3 is 0 Å². The number of amides is 1. The van der Waals surface area contributed by atoms with E-state index in [1.165, 1.54) is 30.3 Å². The van der Waals surface area contributed by atoms with Crippen molar-refractivity contribution in [1.82, 2.24) is 9.62 Å². The van der Waals surface area contributed by atoms with Gasteiger partial charge in [-0.3, -0.25) is 4.79 Å². The number of nitrogens with zero attached hydrogens (tertiary/aromatic N) is 1. The van der Waals surface area contributed by atoms with Gasteiger partial charge in [-0.1, -0.05) is 66.2 Å². The van der Waals surface area contributed by atoms with E-state index in [0.717, 1.165) is 15.4 Å². The molecular formula is C24H25FN2O3S. The lowest BCUT2D eigenvalue weighted by atomic mass is 10.1. The van der Waals surface area contributed by atoms with E-state index >= 15 is 0 Å². The van der Waals surface area contributed by atoms with Crippen molar-refractivity contribution in [3.05, 3.63) is 101 Å². The second-order valence-electron chi connectivity index (χ2n) is 7.38. The topological polar surface area (TPSA) is 66.5 Å². The van der Waals surface area contributed by atoms with Crippen LogP contribution in [0, 0.1) is 12.7 Å². The molecule has 0 radical (unpaired) electrons. The van der Waals surface area contributed by atoms with Crippen molar-refractivity contribution in [3.8, 4) is 0 Å². The minimum Gasteiger partial charge on any atom is -0.348 e. The second kappa shape index (κ2) is 9.85. The van der Waals surface area contributed by atoms with E-state index in [1.807, 2.05) is 44.2 Å². The molecule has 0 saturated heterocycles. The molecule has 0 unspecified atom stereocenters. The van der Waals surface area contributed by atoms with Gasteiger partial charge in [-0.2, -0.15) is 4.31 Å². The summed E-state index contributed by atoms with van der Waals surface area (Å²) in [6.07, 6.45) is 0. The zero-order chi connectivity index (χ0) is 22.4. The molecule has 31 heavy (non-hydrogen) atoms. The fraction of sp³-hybridized carbons (Fsp3) is 0.208. The fourth-order valence-electron chi connectivity index (χ4n) is 3.17. The van der Waals surface area contributed by atoms with Crippen LogP contribution in [0.1, 0.15) is 29.7 Å². The minimum absolute atomic E-state index is 0.0540. The van der Waals surface area contributed by atoms with Gasteiger partial charge < -0.3 is 5.32 Å². The van der Waals surface area contributed by atoms with E-state index in [0.29, 0.717) is 0 Å². The predicted octanol–water partition coefficient (Wildman–Crippen LogP) is 4.20. The molecule has 0 aliphatic carbocycles. The average molecular weight is 441 g/mol. The molecule has 5 nitrogen and oxygen atoms in total. The van der Waals surface area contributed by atoms with Crippen LogP contribution >= 0.6 is 0 Å². The van der Waals surface area contributed by atoms with Crippen molar-refractivity contribution < 1.29 is 17.6 Å². The maximum Gasteiger partial charge on any atom is 0.243 e. The molecule has 3 rings (SSSR count). The number of hydrogen-bond acceptors (Lipinski definition) is 3. The van der Waals surface area contributed by atoms with Crippen LogP contribution in [0.2, 0.25) is 0 Å². The normalized spacial score (nSPS) is 12.5. The Labute approximate surface area is 182 Å². The summed E-state index contributed by atoms with van der Waals surface area (Å²) in [5.41, 5.74) is 2.01. The summed E-state index contributed by atoms with van der Waals surface area (Å²) < 4.78 is 41.8. The standard InChI is InChI=1S/C24H25FN2O3S/c1-18-12-14-22(15-13-18)31(29,30)27(16-21-10-6-7-11-23(21)25)17-24(28)26-19(2)20-8-4-3-5-9-20/h3-15,19H,16-17H2,1-2H3,(H,26,28)/t19-/m0/s1. The van der Waals surface area contributed by atoms with E-state index in [-0.39, 0.29) is 23.0 Å². The molecule has 3 aromatic rings. The molecule has 0 fully saturated rings. The highest BCUT2D eigenvalue weighted by molar-refractivity contribution is 7.89. The third-order valence-corrected chi connectivity index (χ3v) is 6.77. The van der Waals surface area contributed by atoms with Crippen molar-refractivity contribution in [2.45, 2.75) is 31.3 Å². The molecular weight excluding hydrogens is 415 g/mol. The van der Waals surface area contributed by atoms with Crippen molar-refractivity contribution in [1.29, 1.82) is 0 Å². The lowest BCUT2D eigenvalue weighted by molar-refractivity contribution is -0.122. The van der Waals surface area contributed by atoms with Crippen molar-refractivity contribution >= 4 is 15.9 Å². The van der Waals surface area contributed by atoms with Gasteiger partial charge in [0.15, 0.2) is 0 Å². The average Bonchev–Trinajstić information content (AvgIpc) is 2.75. The summed E-state index contributed by atoms with van der Waals surface area (Å²) in [6, 6.07) is 21.4. The maximum absolute atomic E-state index is 14.2. The number of rotatable bonds is 8. The lowest BCUT2D eigenvalue weighted by Gasteiger charge is -2.23. The van der Waals surface area contributed by atoms with Crippen LogP contribution in [0.5, 0.6) is 0 Å². The molecule has 0 aliphatic heterocycles. The highest BCUT2D eigenvalue weighted by Crippen LogP contribution is 2.20. The Hall–Kier alpha value is -3.03. The second-order valence-corrected chi connectivity index (χ2v) is 9.32. The Kier molecular flexibility index (Phi) is 7.20. The van der Waals surface area contributed by atoms with E-state index in [2.05, 4.69) is 5.32 Å². The molecule has 0 aromatic heterocycles. The van der Waals surface area contributed by atoms with Gasteiger partial charge in [-0.05, 0) is 37.6 Å². The summed E-state index contributed by atoms with van der Waals surface area (Å²) in [6.45, 7) is 2.99. The molecule has 162 valence electrons. The largest absolute Gasteiger partial charge is 0.348 e. The Bertz CT molecular complexity index is 1130. The van der Waals surface area contributed by atoms with Crippen LogP contribution < -0.4 is 5.32 Å². The van der Waals surface area contributed by atoms with Gasteiger partial charge in [-0.25, -0.2) is 12.8 Å². The number of nitrogens with one attached hydrogen (secondary N) is 1. The van der Waals surface area contributed by atoms with Crippen molar-refractivity contribution in [2.24, 2.45) is 0 Å². The Morgan fingerprint density at radius 1 is 0.968 bits per heavy atom. The molecule has 0 saturated carbocycles. The maximum atomic E-state index is 14.2. The smallest absolute Gasteiger partial charge is 0.243 e. The lowest BCUT2D eigenvalue weighted by Crippen LogP contribution is -2.41. The Morgan fingerprint density at radius 3 is 2.23 bits per heavy atom. The van der Waals surface area contributed by atoms with Crippen LogP contribution in [-0.2, 0) is 21.4 Å². The SMILES string of the molecule is Cc1ccc(S(=O)(=O)N(CC(=O)N[C@@H](C)c2ccccc2)Cc2ccccc2F)cc1. The summed E-state index contributed by atoms with van der Waals surface area (Å²) in [7, 11) is -4.02. The van der Waals surface area contributed by atoms with E-state index in [9.17, 15) is 17.6 Å². The number of halogens is 1. The molecule has 3 aromatic carbocycles. The van der Waals surface area contributed by atoms with Crippen molar-refractivity contribution in [2.75, 3.05) is 6.54 Å². The van der Waals surface area contributed by atoms with Gasteiger partial charge in [0.2, 0.25) is 15.9 Å². The minimum atomic E-state index is -4.02. The Morgan fingerprint density at radius 2 is 1.58 bits per heavy atom. The van der Waals surface area contributed by atoms with Crippen LogP contribution in [-0.4, -0.2) is 25.2 Å². The molecule has 0 heterocycles. The van der Waals surface area contributed by atoms with E-state index in [4.69, 9.17) is 0 Å². The van der Waals surface area contributed by atoms with E-state index in [1.54, 1.807) is 18.2 Å². The molecule has 0 spiro atoms. The molecule has 0 aliphatic rings. The summed E-state index contributed by atoms with van der Waals surface area (Å²) in [5, 5.41) is 2.82. The summed E-state index contributed by atoms with van der Waals surface area (Å²) in [5.74, 6) is -0.993. The summed E-state index contributed by atoms with van der Waals surface area (Å²) in [4.78, 5) is 12.8. The molecule has 1 amide bonds. The van der Waals surface area contributed by atoms with Crippen LogP contribution in [0.4, 0.5) is 4.39 Å². The van der Waals surface area contributed by atoms with Gasteiger partial charge in [0, 0.05) is 12.1 Å². The van der Waals surface area contributed by atoms with Crippen LogP contribution in [0.25, 0.3) is 0 Å². The zero-order valence-corrected chi connectivity index (χ0v) is 18.3. The third kappa shape index (κ3) is 5.77. The molecule has 7 heteroatoms. The van der Waals surface area contributed by atoms with Gasteiger partial charge in [0.1, 0.15) is 5.82 Å².